The van der Waals surface area contributed by atoms with Crippen molar-refractivity contribution in [3.63, 3.8) is 0 Å². The van der Waals surface area contributed by atoms with Gasteiger partial charge in [0, 0.05) is 24.5 Å². The van der Waals surface area contributed by atoms with Crippen LogP contribution in [0.25, 0.3) is 0 Å². The summed E-state index contributed by atoms with van der Waals surface area (Å²) in [7, 11) is 5.72. The largest absolute Gasteiger partial charge is 0.502 e. The molecule has 3 aromatic carbocycles. The van der Waals surface area contributed by atoms with Crippen LogP contribution in [0.15, 0.2) is 48.5 Å². The third kappa shape index (κ3) is 7.55. The standard InChI is InChI=1S/C21H27N2.C11H12O2.ClH.Ru/c1-14-9-16(3)20(17(4)10-14)22-7-8-23(13-22)21-18(5)11-15(2)12-19(21)6;1-8-6-4-5-7-11(8)13-10(3)9(2)12;;/h9-13H,7-8H2,1-6H3;1,4-7,10H,2-3H3;1H;/q-1;;;+1/p-1. The van der Waals surface area contributed by atoms with Crippen LogP contribution in [0.5, 0.6) is 5.75 Å². The van der Waals surface area contributed by atoms with E-state index < -0.39 is 6.10 Å². The number of nitrogens with zero attached hydrogens (tertiary/aromatic N) is 2. The van der Waals surface area contributed by atoms with Crippen molar-refractivity contribution < 1.29 is 25.2 Å². The van der Waals surface area contributed by atoms with Gasteiger partial charge in [0.2, 0.25) is 0 Å². The fourth-order valence-electron chi connectivity index (χ4n) is 5.08. The van der Waals surface area contributed by atoms with E-state index in [-0.39, 0.29) is 21.5 Å². The van der Waals surface area contributed by atoms with E-state index in [0.29, 0.717) is 0 Å². The van der Waals surface area contributed by atoms with E-state index in [1.165, 1.54) is 51.7 Å². The first-order valence-corrected chi connectivity index (χ1v) is 16.1. The maximum Gasteiger partial charge on any atom is 0.0146 e. The van der Waals surface area contributed by atoms with Crippen LogP contribution >= 0.6 is 9.69 Å². The number of hydrogen-bond acceptors (Lipinski definition) is 4. The van der Waals surface area contributed by atoms with Gasteiger partial charge in [-0.15, -0.1) is 0 Å². The summed E-state index contributed by atoms with van der Waals surface area (Å²) in [4.78, 5) is 15.9. The van der Waals surface area contributed by atoms with E-state index in [0.717, 1.165) is 24.4 Å². The molecule has 4 nitrogen and oxygen atoms in total. The number of rotatable bonds is 6. The smallest absolute Gasteiger partial charge is 0.0146 e. The number of anilines is 2. The number of benzene rings is 3. The van der Waals surface area contributed by atoms with Crippen LogP contribution in [0.2, 0.25) is 0 Å². The molecule has 0 amide bonds. The Morgan fingerprint density at radius 1 is 0.895 bits per heavy atom. The van der Waals surface area contributed by atoms with Gasteiger partial charge in [-0.3, -0.25) is 0 Å². The fraction of sp³-hybridized carbons (Fsp3) is 0.344. The Bertz CT molecular complexity index is 1210. The first-order chi connectivity index (χ1) is 18.0. The summed E-state index contributed by atoms with van der Waals surface area (Å²) in [5, 5.41) is 0. The van der Waals surface area contributed by atoms with E-state index in [2.05, 4.69) is 82.3 Å². The molecule has 6 heteroatoms. The molecule has 1 saturated heterocycles. The molecule has 1 unspecified atom stereocenters. The number of halogens is 1. The van der Waals surface area contributed by atoms with Gasteiger partial charge in [-0.25, -0.2) is 0 Å². The Kier molecular flexibility index (Phi) is 10.7. The van der Waals surface area contributed by atoms with Crippen LogP contribution in [-0.4, -0.2) is 29.6 Å². The molecule has 205 valence electrons. The fourth-order valence-corrected chi connectivity index (χ4v) is 6.19. The van der Waals surface area contributed by atoms with Crippen LogP contribution in [0.4, 0.5) is 11.4 Å². The molecule has 0 aromatic heterocycles. The summed E-state index contributed by atoms with van der Waals surface area (Å²) in [6.45, 7) is 20.8. The molecule has 4 rings (SSSR count). The Labute approximate surface area is 240 Å². The first kappa shape index (κ1) is 30.1. The molecule has 1 aliphatic heterocycles. The van der Waals surface area contributed by atoms with Crippen molar-refractivity contribution in [3.05, 3.63) is 94.1 Å². The molecule has 3 aromatic rings. The van der Waals surface area contributed by atoms with Crippen molar-refractivity contribution in [2.75, 3.05) is 22.9 Å². The number of para-hydroxylation sites is 1. The zero-order valence-corrected chi connectivity index (χ0v) is 26.2. The predicted octanol–water partition coefficient (Wildman–Crippen LogP) is 7.41. The Balaban J connectivity index is 0.000000232. The van der Waals surface area contributed by atoms with Crippen LogP contribution < -0.4 is 14.5 Å². The minimum atomic E-state index is -0.411. The second-order valence-corrected chi connectivity index (χ2v) is 11.9. The maximum absolute atomic E-state index is 11.1. The molecule has 0 saturated carbocycles. The van der Waals surface area contributed by atoms with Crippen LogP contribution in [0.3, 0.4) is 0 Å². The Morgan fingerprint density at radius 3 is 1.76 bits per heavy atom. The van der Waals surface area contributed by atoms with Gasteiger partial charge in [-0.1, -0.05) is 35.4 Å². The van der Waals surface area contributed by atoms with E-state index >= 15 is 0 Å². The zero-order valence-electron chi connectivity index (χ0n) is 23.7. The monoisotopic (exact) mass is 620 g/mol. The molecule has 38 heavy (non-hydrogen) atoms. The third-order valence-corrected chi connectivity index (χ3v) is 7.84. The summed E-state index contributed by atoms with van der Waals surface area (Å²) in [6.07, 6.45) is -0.411. The molecule has 0 bridgehead atoms. The van der Waals surface area contributed by atoms with Crippen LogP contribution in [-0.2, 0) is 20.5 Å². The molecule has 1 fully saturated rings. The van der Waals surface area contributed by atoms with Gasteiger partial charge in [0.05, 0.1) is 0 Å². The van der Waals surface area contributed by atoms with Crippen molar-refractivity contribution in [2.45, 2.75) is 61.5 Å². The number of aryl methyl sites for hydroxylation is 6. The summed E-state index contributed by atoms with van der Waals surface area (Å²) in [6, 6.07) is 16.7. The van der Waals surface area contributed by atoms with Gasteiger partial charge in [-0.05, 0) is 63.8 Å². The maximum atomic E-state index is 11.1. The number of carbonyl (C=O) groups excluding carboxylic acids is 1. The number of Topliss-reactive ketones (excluding diaryl/α,β-unsaturated/α-hetero) is 1. The molecule has 0 aliphatic carbocycles. The molecule has 1 atom stereocenters. The molecule has 1 aliphatic rings. The van der Waals surface area contributed by atoms with Crippen molar-refractivity contribution in [3.8, 4) is 5.75 Å². The summed E-state index contributed by atoms with van der Waals surface area (Å²) < 4.78 is 7.48. The van der Waals surface area contributed by atoms with Crippen molar-refractivity contribution in [1.29, 1.82) is 0 Å². The average Bonchev–Trinajstić information content (AvgIpc) is 3.28. The predicted molar refractivity (Wildman–Crippen MR) is 159 cm³/mol. The normalized spacial score (nSPS) is 14.1. The summed E-state index contributed by atoms with van der Waals surface area (Å²) >= 11 is -0.289. The number of ketones is 1. The van der Waals surface area contributed by atoms with E-state index in [4.69, 9.17) is 14.4 Å². The van der Waals surface area contributed by atoms with Gasteiger partial charge < -0.3 is 9.80 Å². The van der Waals surface area contributed by atoms with Gasteiger partial charge in [-0.2, -0.15) is 6.67 Å². The molecule has 0 spiro atoms. The van der Waals surface area contributed by atoms with Crippen molar-refractivity contribution in [1.82, 2.24) is 0 Å². The number of ether oxygens (including phenoxy) is 1. The van der Waals surface area contributed by atoms with Crippen LogP contribution in [0, 0.1) is 48.2 Å². The molecule has 1 heterocycles. The van der Waals surface area contributed by atoms with Gasteiger partial charge in [0.1, 0.15) is 0 Å². The minimum Gasteiger partial charge on any atom is -0.502 e. The Morgan fingerprint density at radius 2 is 1.34 bits per heavy atom. The Hall–Kier alpha value is -2.49. The molecular weight excluding hydrogens is 581 g/mol. The molecule has 0 N–H and O–H groups in total. The van der Waals surface area contributed by atoms with Crippen LogP contribution in [0.1, 0.15) is 52.8 Å². The topological polar surface area (TPSA) is 32.8 Å². The molecular formula is C32H39ClN2O2Ru-. The number of carbonyl (C=O) groups is 1. The van der Waals surface area contributed by atoms with Crippen molar-refractivity contribution >= 4 is 31.5 Å². The van der Waals surface area contributed by atoms with Gasteiger partial charge >= 0.3 is 101 Å². The van der Waals surface area contributed by atoms with E-state index in [9.17, 15) is 4.79 Å². The third-order valence-electron chi connectivity index (χ3n) is 6.65. The summed E-state index contributed by atoms with van der Waals surface area (Å²) in [5.41, 5.74) is 11.8. The quantitative estimate of drug-likeness (QED) is 0.212. The second kappa shape index (κ2) is 13.5. The van der Waals surface area contributed by atoms with E-state index in [1.54, 1.807) is 6.92 Å². The average molecular weight is 620 g/mol. The van der Waals surface area contributed by atoms with E-state index in [1.807, 2.05) is 28.9 Å². The van der Waals surface area contributed by atoms with Crippen molar-refractivity contribution in [2.24, 2.45) is 0 Å². The minimum absolute atomic E-state index is 0.0172. The molecule has 0 radical (unpaired) electrons. The van der Waals surface area contributed by atoms with Gasteiger partial charge in [0.15, 0.2) is 0 Å². The first-order valence-electron chi connectivity index (χ1n) is 12.9. The number of hydrogen-bond donors (Lipinski definition) is 0. The summed E-state index contributed by atoms with van der Waals surface area (Å²) in [5.74, 6) is 0.735. The zero-order chi connectivity index (χ0) is 28.0. The van der Waals surface area contributed by atoms with Gasteiger partial charge in [0.25, 0.3) is 0 Å². The SMILES string of the molecule is CC(=O)C(C)Oc1ccccc1[CH]=[Ru][Cl].Cc1cc(C)c(N2[CH-]N(c3c(C)cc(C)cc3C)CC2)c(C)c1. The second-order valence-electron chi connectivity index (χ2n) is 10.1.